The molecule has 0 saturated heterocycles. The molecule has 0 fully saturated rings. The molecule has 1 aromatic heterocycles. The number of nitrogens with one attached hydrogen (secondary N) is 2. The first-order chi connectivity index (χ1) is 9.77. The van der Waals surface area contributed by atoms with Crippen LogP contribution >= 0.6 is 0 Å². The van der Waals surface area contributed by atoms with Crippen molar-refractivity contribution >= 4 is 5.91 Å². The van der Waals surface area contributed by atoms with Crippen molar-refractivity contribution in [3.63, 3.8) is 0 Å². The van der Waals surface area contributed by atoms with Gasteiger partial charge in [-0.15, -0.1) is 0 Å². The van der Waals surface area contributed by atoms with E-state index in [0.29, 0.717) is 26.3 Å². The van der Waals surface area contributed by atoms with Gasteiger partial charge in [-0.05, 0) is 18.6 Å². The van der Waals surface area contributed by atoms with Gasteiger partial charge in [-0.2, -0.15) is 0 Å². The van der Waals surface area contributed by atoms with Crippen LogP contribution < -0.4 is 10.6 Å². The molecule has 1 aromatic rings. The van der Waals surface area contributed by atoms with Crippen LogP contribution in [0.2, 0.25) is 0 Å². The van der Waals surface area contributed by atoms with Crippen molar-refractivity contribution in [2.75, 3.05) is 40.5 Å². The number of carbonyl (C=O) groups is 1. The number of methoxy groups -OCH3 is 2. The van der Waals surface area contributed by atoms with E-state index >= 15 is 0 Å². The summed E-state index contributed by atoms with van der Waals surface area (Å²) < 4.78 is 11.9. The minimum atomic E-state index is 0.0236. The van der Waals surface area contributed by atoms with Crippen molar-refractivity contribution < 1.29 is 14.3 Å². The fourth-order valence-corrected chi connectivity index (χ4v) is 1.81. The fourth-order valence-electron chi connectivity index (χ4n) is 1.81. The molecule has 0 spiro atoms. The molecule has 1 rings (SSSR count). The summed E-state index contributed by atoms with van der Waals surface area (Å²) in [7, 11) is 3.34. The third-order valence-corrected chi connectivity index (χ3v) is 2.87. The van der Waals surface area contributed by atoms with Gasteiger partial charge in [0, 0.05) is 52.4 Å². The van der Waals surface area contributed by atoms with Crippen LogP contribution in [-0.2, 0) is 27.4 Å². The van der Waals surface area contributed by atoms with Gasteiger partial charge >= 0.3 is 0 Å². The van der Waals surface area contributed by atoms with Crippen LogP contribution in [0.1, 0.15) is 12.1 Å². The Labute approximate surface area is 120 Å². The first kappa shape index (κ1) is 16.7. The van der Waals surface area contributed by atoms with Crippen LogP contribution in [0, 0.1) is 0 Å². The molecule has 0 aromatic carbocycles. The summed E-state index contributed by atoms with van der Waals surface area (Å²) in [5.74, 6) is 0.0236. The van der Waals surface area contributed by atoms with Gasteiger partial charge in [0.1, 0.15) is 6.54 Å². The number of nitrogens with zero attached hydrogens (tertiary/aromatic N) is 1. The van der Waals surface area contributed by atoms with E-state index in [1.165, 1.54) is 0 Å². The number of ether oxygens (including phenoxy) is 2. The molecule has 0 bridgehead atoms. The minimum absolute atomic E-state index is 0.0236. The van der Waals surface area contributed by atoms with Gasteiger partial charge in [0.2, 0.25) is 5.91 Å². The van der Waals surface area contributed by atoms with Crippen molar-refractivity contribution in [1.29, 1.82) is 0 Å². The third kappa shape index (κ3) is 6.70. The molecule has 0 unspecified atom stereocenters. The minimum Gasteiger partial charge on any atom is -0.385 e. The van der Waals surface area contributed by atoms with Crippen molar-refractivity contribution in [3.8, 4) is 0 Å². The lowest BCUT2D eigenvalue weighted by Crippen LogP contribution is -2.30. The summed E-state index contributed by atoms with van der Waals surface area (Å²) in [6.45, 7) is 3.87. The first-order valence-corrected chi connectivity index (χ1v) is 6.87. The van der Waals surface area contributed by atoms with E-state index < -0.39 is 0 Å². The van der Waals surface area contributed by atoms with Crippen LogP contribution in [0.4, 0.5) is 0 Å². The van der Waals surface area contributed by atoms with Crippen LogP contribution in [0.25, 0.3) is 0 Å². The van der Waals surface area contributed by atoms with Gasteiger partial charge in [0.15, 0.2) is 0 Å². The van der Waals surface area contributed by atoms with E-state index in [-0.39, 0.29) is 5.91 Å². The molecule has 0 saturated carbocycles. The largest absolute Gasteiger partial charge is 0.385 e. The molecular formula is C14H25N3O3. The summed E-state index contributed by atoms with van der Waals surface area (Å²) in [6.07, 6.45) is 2.75. The zero-order valence-electron chi connectivity index (χ0n) is 12.4. The Kier molecular flexibility index (Phi) is 8.69. The Balaban J connectivity index is 2.28. The van der Waals surface area contributed by atoms with E-state index in [1.807, 2.05) is 22.9 Å². The summed E-state index contributed by atoms with van der Waals surface area (Å²) >= 11 is 0. The first-order valence-electron chi connectivity index (χ1n) is 6.87. The predicted molar refractivity (Wildman–Crippen MR) is 77.5 cm³/mol. The molecule has 0 aliphatic heterocycles. The second kappa shape index (κ2) is 10.4. The highest BCUT2D eigenvalue weighted by atomic mass is 16.5. The number of amides is 1. The normalized spacial score (nSPS) is 10.7. The van der Waals surface area contributed by atoms with E-state index in [9.17, 15) is 4.79 Å². The van der Waals surface area contributed by atoms with E-state index in [2.05, 4.69) is 10.6 Å². The van der Waals surface area contributed by atoms with Crippen molar-refractivity contribution in [2.45, 2.75) is 19.5 Å². The average molecular weight is 283 g/mol. The molecular weight excluding hydrogens is 258 g/mol. The monoisotopic (exact) mass is 283 g/mol. The predicted octanol–water partition coefficient (Wildman–Crippen LogP) is 0.377. The molecule has 0 radical (unpaired) electrons. The van der Waals surface area contributed by atoms with E-state index in [4.69, 9.17) is 9.47 Å². The lowest BCUT2D eigenvalue weighted by molar-refractivity contribution is -0.121. The van der Waals surface area contributed by atoms with Gasteiger partial charge in [0.25, 0.3) is 0 Å². The Hall–Kier alpha value is -1.37. The molecule has 0 aliphatic rings. The van der Waals surface area contributed by atoms with Crippen molar-refractivity contribution in [1.82, 2.24) is 15.2 Å². The second-order valence-electron chi connectivity index (χ2n) is 4.49. The Morgan fingerprint density at radius 2 is 2.05 bits per heavy atom. The molecule has 114 valence electrons. The van der Waals surface area contributed by atoms with Gasteiger partial charge < -0.3 is 24.7 Å². The Bertz CT molecular complexity index is 379. The van der Waals surface area contributed by atoms with Crippen molar-refractivity contribution in [3.05, 3.63) is 24.0 Å². The van der Waals surface area contributed by atoms with Gasteiger partial charge in [-0.1, -0.05) is 0 Å². The van der Waals surface area contributed by atoms with E-state index in [0.717, 1.165) is 25.2 Å². The summed E-state index contributed by atoms with van der Waals surface area (Å²) in [5.41, 5.74) is 1.09. The maximum absolute atomic E-state index is 11.8. The smallest absolute Gasteiger partial charge is 0.239 e. The number of rotatable bonds is 11. The quantitative estimate of drug-likeness (QED) is 0.576. The topological polar surface area (TPSA) is 64.5 Å². The van der Waals surface area contributed by atoms with Crippen molar-refractivity contribution in [2.24, 2.45) is 0 Å². The highest BCUT2D eigenvalue weighted by Crippen LogP contribution is 2.01. The number of hydrogen-bond donors (Lipinski definition) is 2. The lowest BCUT2D eigenvalue weighted by Gasteiger charge is -2.10. The summed E-state index contributed by atoms with van der Waals surface area (Å²) in [6, 6.07) is 3.96. The van der Waals surface area contributed by atoms with Gasteiger partial charge in [-0.3, -0.25) is 4.79 Å². The van der Waals surface area contributed by atoms with Gasteiger partial charge in [0.05, 0.1) is 6.61 Å². The molecule has 0 aliphatic carbocycles. The molecule has 1 heterocycles. The molecule has 0 atom stereocenters. The highest BCUT2D eigenvalue weighted by molar-refractivity contribution is 5.75. The van der Waals surface area contributed by atoms with Crippen LogP contribution in [-0.4, -0.2) is 51.0 Å². The summed E-state index contributed by atoms with van der Waals surface area (Å²) in [5, 5.41) is 6.15. The molecule has 20 heavy (non-hydrogen) atoms. The van der Waals surface area contributed by atoms with Crippen LogP contribution in [0.3, 0.4) is 0 Å². The number of carbonyl (C=O) groups excluding carboxylic acids is 1. The van der Waals surface area contributed by atoms with Gasteiger partial charge in [-0.25, -0.2) is 0 Å². The third-order valence-electron chi connectivity index (χ3n) is 2.87. The lowest BCUT2D eigenvalue weighted by atomic mass is 10.4. The fraction of sp³-hybridized carbons (Fsp3) is 0.643. The maximum Gasteiger partial charge on any atom is 0.239 e. The molecule has 6 nitrogen and oxygen atoms in total. The standard InChI is InChI=1S/C14H25N3O3/c1-19-9-4-6-16-14(18)12-17-8-3-5-13(17)11-15-7-10-20-2/h3,5,8,15H,4,6-7,9-12H2,1-2H3,(H,16,18). The highest BCUT2D eigenvalue weighted by Gasteiger charge is 2.05. The average Bonchev–Trinajstić information content (AvgIpc) is 2.87. The van der Waals surface area contributed by atoms with Crippen LogP contribution in [0.5, 0.6) is 0 Å². The SMILES string of the molecule is COCCCNC(=O)Cn1cccc1CNCCOC. The van der Waals surface area contributed by atoms with E-state index in [1.54, 1.807) is 14.2 Å². The number of hydrogen-bond acceptors (Lipinski definition) is 4. The molecule has 1 amide bonds. The summed E-state index contributed by atoms with van der Waals surface area (Å²) in [4.78, 5) is 11.8. The molecule has 2 N–H and O–H groups in total. The molecule has 6 heteroatoms. The Morgan fingerprint density at radius 3 is 2.80 bits per heavy atom. The zero-order valence-corrected chi connectivity index (χ0v) is 12.4. The number of aromatic nitrogens is 1. The second-order valence-corrected chi connectivity index (χ2v) is 4.49. The Morgan fingerprint density at radius 1 is 1.25 bits per heavy atom. The maximum atomic E-state index is 11.8. The van der Waals surface area contributed by atoms with Crippen LogP contribution in [0.15, 0.2) is 18.3 Å². The zero-order chi connectivity index (χ0) is 14.6.